The fourth-order valence-electron chi connectivity index (χ4n) is 2.08. The van der Waals surface area contributed by atoms with Gasteiger partial charge >= 0.3 is 0 Å². The summed E-state index contributed by atoms with van der Waals surface area (Å²) >= 11 is 1.65. The molecule has 104 valence electrons. The van der Waals surface area contributed by atoms with E-state index in [0.717, 1.165) is 28.4 Å². The molecule has 1 aromatic rings. The second kappa shape index (κ2) is 7.19. The Bertz CT molecular complexity index is 362. The van der Waals surface area contributed by atoms with Crippen LogP contribution in [-0.2, 0) is 28.2 Å². The van der Waals surface area contributed by atoms with Gasteiger partial charge in [0.05, 0.1) is 12.3 Å². The smallest absolute Gasteiger partial charge is 0.125 e. The zero-order valence-corrected chi connectivity index (χ0v) is 12.6. The topological polar surface area (TPSA) is 57.4 Å². The van der Waals surface area contributed by atoms with Crippen LogP contribution in [0, 0.1) is 0 Å². The van der Waals surface area contributed by atoms with Crippen LogP contribution in [0.2, 0.25) is 0 Å². The van der Waals surface area contributed by atoms with E-state index in [4.69, 9.17) is 20.2 Å². The van der Waals surface area contributed by atoms with Crippen molar-refractivity contribution >= 4 is 11.3 Å². The molecule has 4 nitrogen and oxygen atoms in total. The van der Waals surface area contributed by atoms with Crippen molar-refractivity contribution in [2.75, 3.05) is 13.7 Å². The third-order valence-electron chi connectivity index (χ3n) is 3.20. The molecule has 5 heteroatoms. The van der Waals surface area contributed by atoms with Gasteiger partial charge in [-0.15, -0.1) is 11.3 Å². The lowest BCUT2D eigenvalue weighted by Gasteiger charge is -2.29. The van der Waals surface area contributed by atoms with E-state index in [-0.39, 0.29) is 5.60 Å². The summed E-state index contributed by atoms with van der Waals surface area (Å²) in [6.07, 6.45) is 1.84. The Morgan fingerprint density at radius 1 is 1.28 bits per heavy atom. The summed E-state index contributed by atoms with van der Waals surface area (Å²) in [7, 11) is 1.68. The second-order valence-corrected chi connectivity index (χ2v) is 5.24. The van der Waals surface area contributed by atoms with Crippen LogP contribution in [0.25, 0.3) is 0 Å². The highest BCUT2D eigenvalue weighted by Gasteiger charge is 2.33. The van der Waals surface area contributed by atoms with Crippen molar-refractivity contribution in [2.45, 2.75) is 52.4 Å². The molecule has 0 fully saturated rings. The molecule has 0 bridgehead atoms. The molecular weight excluding hydrogens is 248 g/mol. The SMILES string of the molecule is CCOC(CC)(CC)c1nc(COC)c(CN)s1. The summed E-state index contributed by atoms with van der Waals surface area (Å²) < 4.78 is 11.1. The Kier molecular flexibility index (Phi) is 6.21. The largest absolute Gasteiger partial charge is 0.378 e. The molecule has 0 aromatic carbocycles. The first-order valence-corrected chi connectivity index (χ1v) is 7.31. The van der Waals surface area contributed by atoms with Crippen LogP contribution < -0.4 is 5.73 Å². The first-order chi connectivity index (χ1) is 8.67. The third-order valence-corrected chi connectivity index (χ3v) is 4.50. The highest BCUT2D eigenvalue weighted by molar-refractivity contribution is 7.11. The lowest BCUT2D eigenvalue weighted by atomic mass is 9.98. The standard InChI is InChI=1S/C13H24N2O2S/c1-5-13(6-2,17-7-3)12-15-10(9-16-4)11(8-14)18-12/h5-9,14H2,1-4H3. The Morgan fingerprint density at radius 3 is 2.39 bits per heavy atom. The van der Waals surface area contributed by atoms with Gasteiger partial charge in [-0.2, -0.15) is 0 Å². The lowest BCUT2D eigenvalue weighted by molar-refractivity contribution is -0.0508. The molecule has 0 saturated carbocycles. The average molecular weight is 272 g/mol. The second-order valence-electron chi connectivity index (χ2n) is 4.16. The fourth-order valence-corrected chi connectivity index (χ4v) is 3.31. The van der Waals surface area contributed by atoms with E-state index in [1.807, 2.05) is 6.92 Å². The van der Waals surface area contributed by atoms with E-state index < -0.39 is 0 Å². The minimum atomic E-state index is -0.269. The van der Waals surface area contributed by atoms with Crippen molar-refractivity contribution in [2.24, 2.45) is 5.73 Å². The number of thiazole rings is 1. The molecule has 0 radical (unpaired) electrons. The molecule has 0 saturated heterocycles. The number of nitrogens with zero attached hydrogens (tertiary/aromatic N) is 1. The normalized spacial score (nSPS) is 12.1. The molecule has 0 aliphatic carbocycles. The van der Waals surface area contributed by atoms with Gasteiger partial charge in [0.2, 0.25) is 0 Å². The van der Waals surface area contributed by atoms with Gasteiger partial charge in [-0.3, -0.25) is 0 Å². The number of rotatable bonds is 8. The maximum atomic E-state index is 5.97. The van der Waals surface area contributed by atoms with Gasteiger partial charge in [0.15, 0.2) is 0 Å². The lowest BCUT2D eigenvalue weighted by Crippen LogP contribution is -2.28. The molecule has 0 atom stereocenters. The summed E-state index contributed by atoms with van der Waals surface area (Å²) in [6, 6.07) is 0. The van der Waals surface area contributed by atoms with Crippen LogP contribution in [0.15, 0.2) is 0 Å². The first kappa shape index (κ1) is 15.6. The van der Waals surface area contributed by atoms with E-state index in [2.05, 4.69) is 13.8 Å². The minimum Gasteiger partial charge on any atom is -0.378 e. The van der Waals surface area contributed by atoms with Gasteiger partial charge in [0.1, 0.15) is 10.6 Å². The monoisotopic (exact) mass is 272 g/mol. The number of methoxy groups -OCH3 is 1. The fraction of sp³-hybridized carbons (Fsp3) is 0.769. The maximum absolute atomic E-state index is 5.97. The van der Waals surface area contributed by atoms with Crippen LogP contribution in [-0.4, -0.2) is 18.7 Å². The molecule has 1 rings (SSSR count). The van der Waals surface area contributed by atoms with Gasteiger partial charge in [-0.1, -0.05) is 13.8 Å². The van der Waals surface area contributed by atoms with E-state index >= 15 is 0 Å². The van der Waals surface area contributed by atoms with E-state index in [0.29, 0.717) is 19.8 Å². The van der Waals surface area contributed by atoms with Crippen LogP contribution in [0.1, 0.15) is 49.2 Å². The molecular formula is C13H24N2O2S. The Hall–Kier alpha value is -0.490. The summed E-state index contributed by atoms with van der Waals surface area (Å²) in [4.78, 5) is 5.79. The number of aromatic nitrogens is 1. The Balaban J connectivity index is 3.12. The quantitative estimate of drug-likeness (QED) is 0.790. The van der Waals surface area contributed by atoms with Crippen molar-refractivity contribution in [1.82, 2.24) is 4.98 Å². The van der Waals surface area contributed by atoms with Crippen LogP contribution in [0.3, 0.4) is 0 Å². The van der Waals surface area contributed by atoms with Crippen molar-refractivity contribution in [3.63, 3.8) is 0 Å². The summed E-state index contributed by atoms with van der Waals surface area (Å²) in [5.41, 5.74) is 6.45. The van der Waals surface area contributed by atoms with E-state index in [1.165, 1.54) is 0 Å². The van der Waals surface area contributed by atoms with Crippen molar-refractivity contribution < 1.29 is 9.47 Å². The first-order valence-electron chi connectivity index (χ1n) is 6.49. The molecule has 0 unspecified atom stereocenters. The molecule has 0 spiro atoms. The summed E-state index contributed by atoms with van der Waals surface area (Å²) in [5, 5.41) is 1.03. The highest BCUT2D eigenvalue weighted by Crippen LogP contribution is 2.37. The number of nitrogens with two attached hydrogens (primary N) is 1. The molecule has 18 heavy (non-hydrogen) atoms. The van der Waals surface area contributed by atoms with Gasteiger partial charge in [-0.25, -0.2) is 4.98 Å². The zero-order chi connectivity index (χ0) is 13.6. The molecule has 2 N–H and O–H groups in total. The van der Waals surface area contributed by atoms with Gasteiger partial charge in [0, 0.05) is 25.1 Å². The van der Waals surface area contributed by atoms with Crippen LogP contribution in [0.4, 0.5) is 0 Å². The van der Waals surface area contributed by atoms with Crippen LogP contribution in [0.5, 0.6) is 0 Å². The van der Waals surface area contributed by atoms with Crippen molar-refractivity contribution in [3.05, 3.63) is 15.6 Å². The van der Waals surface area contributed by atoms with Crippen LogP contribution >= 0.6 is 11.3 Å². The number of hydrogen-bond acceptors (Lipinski definition) is 5. The Labute approximate surface area is 114 Å². The summed E-state index contributed by atoms with van der Waals surface area (Å²) in [6.45, 7) is 8.01. The summed E-state index contributed by atoms with van der Waals surface area (Å²) in [5.74, 6) is 0. The van der Waals surface area contributed by atoms with Crippen molar-refractivity contribution in [1.29, 1.82) is 0 Å². The molecule has 1 aromatic heterocycles. The number of hydrogen-bond donors (Lipinski definition) is 1. The predicted octanol–water partition coefficient (Wildman–Crippen LogP) is 2.80. The van der Waals surface area contributed by atoms with Gasteiger partial charge in [0.25, 0.3) is 0 Å². The number of ether oxygens (including phenoxy) is 2. The zero-order valence-electron chi connectivity index (χ0n) is 11.8. The maximum Gasteiger partial charge on any atom is 0.125 e. The molecule has 0 aliphatic rings. The Morgan fingerprint density at radius 2 is 1.94 bits per heavy atom. The molecule has 0 amide bonds. The molecule has 0 aliphatic heterocycles. The average Bonchev–Trinajstić information content (AvgIpc) is 2.80. The van der Waals surface area contributed by atoms with Crippen molar-refractivity contribution in [3.8, 4) is 0 Å². The van der Waals surface area contributed by atoms with E-state index in [9.17, 15) is 0 Å². The highest BCUT2D eigenvalue weighted by atomic mass is 32.1. The minimum absolute atomic E-state index is 0.269. The third kappa shape index (κ3) is 3.09. The predicted molar refractivity (Wildman–Crippen MR) is 74.6 cm³/mol. The van der Waals surface area contributed by atoms with Gasteiger partial charge in [-0.05, 0) is 19.8 Å². The molecule has 1 heterocycles. The van der Waals surface area contributed by atoms with E-state index in [1.54, 1.807) is 18.4 Å². The van der Waals surface area contributed by atoms with Gasteiger partial charge < -0.3 is 15.2 Å².